The SMILES string of the molecule is CCCCC/C=C\C/C=C\CCCCCCCC(=O)N[C@@H]1CN[C@H](C(=O)NCCN(C)C)C1. The van der Waals surface area contributed by atoms with Crippen LogP contribution in [-0.2, 0) is 9.59 Å². The van der Waals surface area contributed by atoms with Gasteiger partial charge in [-0.1, -0.05) is 63.3 Å². The van der Waals surface area contributed by atoms with Crippen molar-refractivity contribution in [2.24, 2.45) is 0 Å². The van der Waals surface area contributed by atoms with Gasteiger partial charge < -0.3 is 20.9 Å². The zero-order chi connectivity index (χ0) is 24.2. The van der Waals surface area contributed by atoms with E-state index in [4.69, 9.17) is 0 Å². The molecule has 1 fully saturated rings. The Bertz CT molecular complexity index is 574. The van der Waals surface area contributed by atoms with Crippen LogP contribution in [-0.4, -0.2) is 62.5 Å². The van der Waals surface area contributed by atoms with E-state index in [-0.39, 0.29) is 23.9 Å². The van der Waals surface area contributed by atoms with Gasteiger partial charge in [0.15, 0.2) is 0 Å². The average molecular weight is 463 g/mol. The minimum absolute atomic E-state index is 0.0299. The molecule has 1 rings (SSSR count). The molecule has 0 aromatic rings. The highest BCUT2D eigenvalue weighted by molar-refractivity contribution is 5.82. The van der Waals surface area contributed by atoms with Crippen LogP contribution in [0.25, 0.3) is 0 Å². The lowest BCUT2D eigenvalue weighted by Gasteiger charge is -2.14. The van der Waals surface area contributed by atoms with E-state index in [1.807, 2.05) is 19.0 Å². The predicted molar refractivity (Wildman–Crippen MR) is 139 cm³/mol. The Morgan fingerprint density at radius 2 is 1.61 bits per heavy atom. The van der Waals surface area contributed by atoms with Crippen LogP contribution in [0, 0.1) is 0 Å². The first-order valence-electron chi connectivity index (χ1n) is 13.3. The number of amides is 2. The number of unbranched alkanes of at least 4 members (excludes halogenated alkanes) is 8. The van der Waals surface area contributed by atoms with Crippen LogP contribution in [0.3, 0.4) is 0 Å². The average Bonchev–Trinajstić information content (AvgIpc) is 3.24. The van der Waals surface area contributed by atoms with E-state index in [1.54, 1.807) is 0 Å². The Kier molecular flexibility index (Phi) is 17.6. The number of nitrogens with one attached hydrogen (secondary N) is 3. The van der Waals surface area contributed by atoms with Crippen LogP contribution < -0.4 is 16.0 Å². The van der Waals surface area contributed by atoms with Crippen LogP contribution in [0.4, 0.5) is 0 Å². The third kappa shape index (κ3) is 16.6. The molecule has 6 heteroatoms. The first kappa shape index (κ1) is 29.4. The minimum atomic E-state index is -0.201. The van der Waals surface area contributed by atoms with E-state index in [9.17, 15) is 9.59 Å². The molecule has 0 unspecified atom stereocenters. The largest absolute Gasteiger partial charge is 0.353 e. The van der Waals surface area contributed by atoms with E-state index >= 15 is 0 Å². The smallest absolute Gasteiger partial charge is 0.237 e. The normalized spacial score (nSPS) is 18.5. The molecule has 6 nitrogen and oxygen atoms in total. The van der Waals surface area contributed by atoms with Crippen LogP contribution in [0.1, 0.15) is 90.4 Å². The zero-order valence-corrected chi connectivity index (χ0v) is 21.5. The van der Waals surface area contributed by atoms with Gasteiger partial charge in [-0.05, 0) is 59.0 Å². The summed E-state index contributed by atoms with van der Waals surface area (Å²) < 4.78 is 0. The second kappa shape index (κ2) is 19.8. The van der Waals surface area contributed by atoms with Crippen molar-refractivity contribution in [2.75, 3.05) is 33.7 Å². The molecular weight excluding hydrogens is 412 g/mol. The summed E-state index contributed by atoms with van der Waals surface area (Å²) >= 11 is 0. The molecule has 3 N–H and O–H groups in total. The highest BCUT2D eigenvalue weighted by atomic mass is 16.2. The number of rotatable bonds is 19. The summed E-state index contributed by atoms with van der Waals surface area (Å²) in [4.78, 5) is 26.4. The van der Waals surface area contributed by atoms with Crippen molar-refractivity contribution >= 4 is 11.8 Å². The Morgan fingerprint density at radius 1 is 0.939 bits per heavy atom. The van der Waals surface area contributed by atoms with Gasteiger partial charge in [-0.2, -0.15) is 0 Å². The fourth-order valence-electron chi connectivity index (χ4n) is 3.97. The van der Waals surface area contributed by atoms with Crippen molar-refractivity contribution in [3.8, 4) is 0 Å². The molecule has 33 heavy (non-hydrogen) atoms. The number of hydrogen-bond acceptors (Lipinski definition) is 4. The van der Waals surface area contributed by atoms with Crippen molar-refractivity contribution in [3.05, 3.63) is 24.3 Å². The lowest BCUT2D eigenvalue weighted by atomic mass is 10.1. The maximum Gasteiger partial charge on any atom is 0.237 e. The Labute approximate surface area is 203 Å². The van der Waals surface area contributed by atoms with E-state index in [2.05, 4.69) is 47.2 Å². The summed E-state index contributed by atoms with van der Waals surface area (Å²) in [5.41, 5.74) is 0. The molecule has 1 saturated heterocycles. The van der Waals surface area contributed by atoms with Crippen molar-refractivity contribution in [1.82, 2.24) is 20.9 Å². The van der Waals surface area contributed by atoms with Crippen molar-refractivity contribution in [3.63, 3.8) is 0 Å². The highest BCUT2D eigenvalue weighted by Gasteiger charge is 2.29. The van der Waals surface area contributed by atoms with Gasteiger partial charge in [0.05, 0.1) is 6.04 Å². The third-order valence-electron chi connectivity index (χ3n) is 6.03. The topological polar surface area (TPSA) is 73.5 Å². The lowest BCUT2D eigenvalue weighted by Crippen LogP contribution is -2.42. The summed E-state index contributed by atoms with van der Waals surface area (Å²) in [5.74, 6) is 0.142. The van der Waals surface area contributed by atoms with Gasteiger partial charge in [0.1, 0.15) is 0 Å². The molecule has 0 spiro atoms. The van der Waals surface area contributed by atoms with Gasteiger partial charge in [0, 0.05) is 32.1 Å². The number of nitrogens with zero attached hydrogens (tertiary/aromatic N) is 1. The maximum atomic E-state index is 12.2. The molecule has 2 atom stereocenters. The Morgan fingerprint density at radius 3 is 2.30 bits per heavy atom. The van der Waals surface area contributed by atoms with Gasteiger partial charge in [0.25, 0.3) is 0 Å². The first-order chi connectivity index (χ1) is 16.0. The van der Waals surface area contributed by atoms with Crippen LogP contribution >= 0.6 is 0 Å². The fourth-order valence-corrected chi connectivity index (χ4v) is 3.97. The number of carbonyl (C=O) groups is 2. The molecule has 0 aromatic heterocycles. The van der Waals surface area contributed by atoms with Crippen molar-refractivity contribution < 1.29 is 9.59 Å². The fraction of sp³-hybridized carbons (Fsp3) is 0.778. The van der Waals surface area contributed by atoms with Crippen LogP contribution in [0.15, 0.2) is 24.3 Å². The van der Waals surface area contributed by atoms with Gasteiger partial charge in [0.2, 0.25) is 11.8 Å². The second-order valence-corrected chi connectivity index (χ2v) is 9.54. The molecule has 0 bridgehead atoms. The molecule has 1 aliphatic heterocycles. The minimum Gasteiger partial charge on any atom is -0.353 e. The molecule has 1 heterocycles. The quantitative estimate of drug-likeness (QED) is 0.197. The van der Waals surface area contributed by atoms with E-state index in [0.717, 1.165) is 32.2 Å². The summed E-state index contributed by atoms with van der Waals surface area (Å²) in [6.45, 7) is 4.38. The zero-order valence-electron chi connectivity index (χ0n) is 21.5. The molecule has 2 amide bonds. The lowest BCUT2D eigenvalue weighted by molar-refractivity contribution is -0.124. The van der Waals surface area contributed by atoms with Crippen LogP contribution in [0.2, 0.25) is 0 Å². The molecule has 190 valence electrons. The van der Waals surface area contributed by atoms with Gasteiger partial charge in [-0.15, -0.1) is 0 Å². The molecule has 1 aliphatic rings. The van der Waals surface area contributed by atoms with Crippen molar-refractivity contribution in [2.45, 2.75) is 102 Å². The van der Waals surface area contributed by atoms with E-state index in [0.29, 0.717) is 25.9 Å². The molecule has 0 radical (unpaired) electrons. The number of hydrogen-bond donors (Lipinski definition) is 3. The standard InChI is InChI=1S/C27H50N4O2/c1-4-5-6-7-8-9-10-11-12-13-14-15-16-17-18-19-26(32)30-24-22-25(29-23-24)27(33)28-20-21-31(2)3/h8-9,11-12,24-25,29H,4-7,10,13-23H2,1-3H3,(H,28,33)(H,30,32)/b9-8-,12-11-/t24-,25-/m0/s1. The van der Waals surface area contributed by atoms with Gasteiger partial charge in [-0.3, -0.25) is 9.59 Å². The molecule has 0 aliphatic carbocycles. The summed E-state index contributed by atoms with van der Waals surface area (Å²) in [6, 6.07) is -0.145. The Hall–Kier alpha value is -1.66. The number of likely N-dealkylation sites (N-methyl/N-ethyl adjacent to an activating group) is 1. The summed E-state index contributed by atoms with van der Waals surface area (Å²) in [5, 5.41) is 9.26. The van der Waals surface area contributed by atoms with Gasteiger partial charge in [-0.25, -0.2) is 0 Å². The van der Waals surface area contributed by atoms with Crippen molar-refractivity contribution in [1.29, 1.82) is 0 Å². The summed E-state index contributed by atoms with van der Waals surface area (Å²) in [7, 11) is 3.97. The van der Waals surface area contributed by atoms with E-state index in [1.165, 1.54) is 44.9 Å². The summed E-state index contributed by atoms with van der Waals surface area (Å²) in [6.07, 6.45) is 23.5. The molecule has 0 saturated carbocycles. The maximum absolute atomic E-state index is 12.2. The highest BCUT2D eigenvalue weighted by Crippen LogP contribution is 2.10. The van der Waals surface area contributed by atoms with Gasteiger partial charge >= 0.3 is 0 Å². The molecule has 0 aromatic carbocycles. The predicted octanol–water partition coefficient (Wildman–Crippen LogP) is 4.32. The monoisotopic (exact) mass is 462 g/mol. The Balaban J connectivity index is 1.95. The number of allylic oxidation sites excluding steroid dienone is 4. The third-order valence-corrected chi connectivity index (χ3v) is 6.03. The van der Waals surface area contributed by atoms with Crippen LogP contribution in [0.5, 0.6) is 0 Å². The second-order valence-electron chi connectivity index (χ2n) is 9.54. The first-order valence-corrected chi connectivity index (χ1v) is 13.3. The molecular formula is C27H50N4O2. The number of carbonyl (C=O) groups excluding carboxylic acids is 2. The van der Waals surface area contributed by atoms with E-state index < -0.39 is 0 Å².